The van der Waals surface area contributed by atoms with Gasteiger partial charge in [0.05, 0.1) is 0 Å². The summed E-state index contributed by atoms with van der Waals surface area (Å²) in [4.78, 5) is 24.7. The number of ether oxygens (including phenoxy) is 1. The van der Waals surface area contributed by atoms with Crippen LogP contribution in [0.4, 0.5) is 0 Å². The van der Waals surface area contributed by atoms with E-state index in [-0.39, 0.29) is 12.4 Å². The lowest BCUT2D eigenvalue weighted by Gasteiger charge is -2.12. The number of benzene rings is 2. The Morgan fingerprint density at radius 3 is 2.62 bits per heavy atom. The van der Waals surface area contributed by atoms with Crippen molar-refractivity contribution in [1.29, 1.82) is 0 Å². The molecule has 2 aromatic heterocycles. The molecule has 2 aromatic carbocycles. The van der Waals surface area contributed by atoms with Gasteiger partial charge in [0.15, 0.2) is 6.61 Å². The number of Topliss-reactive ketones (excluding diaryl/α,β-unsaturated/α-hetero) is 1. The van der Waals surface area contributed by atoms with Gasteiger partial charge in [-0.3, -0.25) is 4.79 Å². The summed E-state index contributed by atoms with van der Waals surface area (Å²) in [6.45, 7) is 5.77. The fraction of sp³-hybridized carbons (Fsp3) is 0.250. The molecule has 0 saturated heterocycles. The molecule has 29 heavy (non-hydrogen) atoms. The van der Waals surface area contributed by atoms with Gasteiger partial charge in [0.25, 0.3) is 0 Å². The van der Waals surface area contributed by atoms with Crippen LogP contribution in [0.15, 0.2) is 51.7 Å². The van der Waals surface area contributed by atoms with Crippen LogP contribution in [-0.2, 0) is 13.5 Å². The Bertz CT molecular complexity index is 1310. The highest BCUT2D eigenvalue weighted by Gasteiger charge is 2.19. The van der Waals surface area contributed by atoms with Gasteiger partial charge < -0.3 is 13.7 Å². The summed E-state index contributed by atoms with van der Waals surface area (Å²) in [5.41, 5.74) is 4.52. The van der Waals surface area contributed by atoms with Gasteiger partial charge in [-0.25, -0.2) is 4.79 Å². The number of hydrogen-bond donors (Lipinski definition) is 0. The molecule has 0 spiro atoms. The minimum Gasteiger partial charge on any atom is -0.485 e. The van der Waals surface area contributed by atoms with Crippen molar-refractivity contribution in [2.24, 2.45) is 7.05 Å². The molecule has 0 aliphatic heterocycles. The van der Waals surface area contributed by atoms with E-state index in [9.17, 15) is 9.59 Å². The van der Waals surface area contributed by atoms with E-state index in [1.807, 2.05) is 62.7 Å². The first kappa shape index (κ1) is 19.0. The number of para-hydroxylation sites is 1. The summed E-state index contributed by atoms with van der Waals surface area (Å²) in [5, 5.41) is 1.81. The highest BCUT2D eigenvalue weighted by molar-refractivity contribution is 6.10. The summed E-state index contributed by atoms with van der Waals surface area (Å²) in [7, 11) is 1.96. The van der Waals surface area contributed by atoms with Crippen LogP contribution in [0.1, 0.15) is 34.1 Å². The molecular formula is C24H23NO4. The van der Waals surface area contributed by atoms with Crippen LogP contribution in [0.5, 0.6) is 5.75 Å². The van der Waals surface area contributed by atoms with Gasteiger partial charge in [0, 0.05) is 46.7 Å². The summed E-state index contributed by atoms with van der Waals surface area (Å²) < 4.78 is 13.3. The van der Waals surface area contributed by atoms with Crippen LogP contribution in [0, 0.1) is 13.8 Å². The van der Waals surface area contributed by atoms with Crippen LogP contribution in [0.3, 0.4) is 0 Å². The Labute approximate surface area is 168 Å². The second kappa shape index (κ2) is 7.24. The predicted molar refractivity (Wildman–Crippen MR) is 114 cm³/mol. The number of aryl methyl sites for hydroxylation is 3. The number of nitrogens with zero attached hydrogens (tertiary/aromatic N) is 1. The van der Waals surface area contributed by atoms with Gasteiger partial charge >= 0.3 is 5.63 Å². The zero-order valence-corrected chi connectivity index (χ0v) is 17.0. The summed E-state index contributed by atoms with van der Waals surface area (Å²) in [6, 6.07) is 13.0. The Kier molecular flexibility index (Phi) is 4.74. The number of hydrogen-bond acceptors (Lipinski definition) is 4. The maximum atomic E-state index is 13.0. The topological polar surface area (TPSA) is 61.4 Å². The molecule has 0 saturated carbocycles. The van der Waals surface area contributed by atoms with E-state index in [2.05, 4.69) is 0 Å². The van der Waals surface area contributed by atoms with E-state index in [1.54, 1.807) is 6.07 Å². The zero-order valence-electron chi connectivity index (χ0n) is 17.0. The average Bonchev–Trinajstić information content (AvgIpc) is 2.96. The average molecular weight is 389 g/mol. The number of aromatic nitrogens is 1. The lowest BCUT2D eigenvalue weighted by molar-refractivity contribution is 0.0921. The van der Waals surface area contributed by atoms with Crippen molar-refractivity contribution < 1.29 is 13.9 Å². The van der Waals surface area contributed by atoms with E-state index >= 15 is 0 Å². The fourth-order valence-electron chi connectivity index (χ4n) is 3.89. The molecule has 0 aliphatic rings. The van der Waals surface area contributed by atoms with E-state index in [4.69, 9.17) is 9.15 Å². The maximum Gasteiger partial charge on any atom is 0.336 e. The van der Waals surface area contributed by atoms with Crippen molar-refractivity contribution in [2.45, 2.75) is 27.2 Å². The third-order valence-corrected chi connectivity index (χ3v) is 5.55. The normalized spacial score (nSPS) is 11.3. The van der Waals surface area contributed by atoms with Crippen molar-refractivity contribution in [3.8, 4) is 5.75 Å². The molecule has 4 aromatic rings. The second-order valence-corrected chi connectivity index (χ2v) is 7.31. The third kappa shape index (κ3) is 3.23. The van der Waals surface area contributed by atoms with Crippen molar-refractivity contribution in [3.05, 3.63) is 75.3 Å². The molecule has 0 radical (unpaired) electrons. The molecule has 0 atom stereocenters. The molecule has 5 nitrogen and oxygen atoms in total. The third-order valence-electron chi connectivity index (χ3n) is 5.55. The van der Waals surface area contributed by atoms with Crippen LogP contribution < -0.4 is 10.4 Å². The van der Waals surface area contributed by atoms with Gasteiger partial charge in [-0.15, -0.1) is 0 Å². The lowest BCUT2D eigenvalue weighted by Crippen LogP contribution is -2.13. The Morgan fingerprint density at radius 2 is 1.86 bits per heavy atom. The summed E-state index contributed by atoms with van der Waals surface area (Å²) in [6.07, 6.45) is 0.741. The summed E-state index contributed by atoms with van der Waals surface area (Å²) in [5.74, 6) is 0.493. The molecule has 0 amide bonds. The Morgan fingerprint density at radius 1 is 1.10 bits per heavy atom. The number of ketones is 1. The lowest BCUT2D eigenvalue weighted by atomic mass is 10.0. The maximum absolute atomic E-state index is 13.0. The van der Waals surface area contributed by atoms with Crippen LogP contribution in [0.2, 0.25) is 0 Å². The molecule has 5 heteroatoms. The predicted octanol–water partition coefficient (Wildman–Crippen LogP) is 4.73. The van der Waals surface area contributed by atoms with E-state index in [0.29, 0.717) is 16.9 Å². The summed E-state index contributed by atoms with van der Waals surface area (Å²) >= 11 is 0. The van der Waals surface area contributed by atoms with Crippen molar-refractivity contribution in [1.82, 2.24) is 4.57 Å². The Hall–Kier alpha value is -3.34. The number of fused-ring (bicyclic) bond motifs is 2. The highest BCUT2D eigenvalue weighted by atomic mass is 16.5. The molecule has 148 valence electrons. The van der Waals surface area contributed by atoms with Gasteiger partial charge in [0.1, 0.15) is 11.3 Å². The monoisotopic (exact) mass is 389 g/mol. The standard InChI is InChI=1S/C24H23NO4/c1-5-16-11-18-14(2)10-23(27)29-22(18)12-21(16)28-13-20(26)24-15(3)25(4)19-9-7-6-8-17(19)24/h6-12H,5,13H2,1-4H3. The molecule has 0 bridgehead atoms. The van der Waals surface area contributed by atoms with E-state index in [0.717, 1.165) is 39.5 Å². The van der Waals surface area contributed by atoms with Gasteiger partial charge in [-0.2, -0.15) is 0 Å². The van der Waals surface area contributed by atoms with E-state index < -0.39 is 5.63 Å². The van der Waals surface area contributed by atoms with Crippen LogP contribution in [0.25, 0.3) is 21.9 Å². The molecule has 2 heterocycles. The van der Waals surface area contributed by atoms with E-state index in [1.165, 1.54) is 6.07 Å². The van der Waals surface area contributed by atoms with Crippen molar-refractivity contribution in [3.63, 3.8) is 0 Å². The number of carbonyl (C=O) groups is 1. The first-order chi connectivity index (χ1) is 13.9. The van der Waals surface area contributed by atoms with Crippen molar-refractivity contribution >= 4 is 27.7 Å². The largest absolute Gasteiger partial charge is 0.485 e. The Balaban J connectivity index is 1.69. The molecule has 0 N–H and O–H groups in total. The first-order valence-electron chi connectivity index (χ1n) is 9.68. The molecule has 0 aliphatic carbocycles. The minimum atomic E-state index is -0.396. The fourth-order valence-corrected chi connectivity index (χ4v) is 3.89. The van der Waals surface area contributed by atoms with Gasteiger partial charge in [-0.05, 0) is 43.5 Å². The smallest absolute Gasteiger partial charge is 0.336 e. The van der Waals surface area contributed by atoms with Crippen LogP contribution >= 0.6 is 0 Å². The highest BCUT2D eigenvalue weighted by Crippen LogP contribution is 2.29. The zero-order chi connectivity index (χ0) is 20.7. The van der Waals surface area contributed by atoms with Crippen molar-refractivity contribution in [2.75, 3.05) is 6.61 Å². The molecule has 4 rings (SSSR count). The quantitative estimate of drug-likeness (QED) is 0.366. The van der Waals surface area contributed by atoms with Gasteiger partial charge in [-0.1, -0.05) is 25.1 Å². The SMILES string of the molecule is CCc1cc2c(C)cc(=O)oc2cc1OCC(=O)c1c(C)n(C)c2ccccc12. The first-order valence-corrected chi connectivity index (χ1v) is 9.68. The second-order valence-electron chi connectivity index (χ2n) is 7.31. The number of rotatable bonds is 5. The van der Waals surface area contributed by atoms with Crippen LogP contribution in [-0.4, -0.2) is 17.0 Å². The minimum absolute atomic E-state index is 0.0767. The molecule has 0 fully saturated rings. The number of carbonyl (C=O) groups excluding carboxylic acids is 1. The van der Waals surface area contributed by atoms with Gasteiger partial charge in [0.2, 0.25) is 5.78 Å². The molecule has 0 unspecified atom stereocenters. The molecular weight excluding hydrogens is 366 g/mol.